The summed E-state index contributed by atoms with van der Waals surface area (Å²) in [6.45, 7) is 4.78. The number of piperidine rings is 1. The number of rotatable bonds is 5. The quantitative estimate of drug-likeness (QED) is 0.910. The Morgan fingerprint density at radius 2 is 2.24 bits per heavy atom. The molecule has 1 amide bonds. The van der Waals surface area contributed by atoms with Crippen LogP contribution < -0.4 is 5.32 Å². The molecule has 1 aromatic heterocycles. The second kappa shape index (κ2) is 8.21. The van der Waals surface area contributed by atoms with Gasteiger partial charge < -0.3 is 10.2 Å². The van der Waals surface area contributed by atoms with Crippen LogP contribution in [0.25, 0.3) is 0 Å². The van der Waals surface area contributed by atoms with Crippen molar-refractivity contribution in [1.29, 1.82) is 0 Å². The molecular weight excluding hydrogens is 312 g/mol. The first-order chi connectivity index (χ1) is 12.1. The van der Waals surface area contributed by atoms with Crippen molar-refractivity contribution in [2.45, 2.75) is 32.1 Å². The van der Waals surface area contributed by atoms with E-state index in [2.05, 4.69) is 52.4 Å². The third-order valence-corrected chi connectivity index (χ3v) is 4.71. The Balaban J connectivity index is 1.57. The number of nitrogens with one attached hydrogen (secondary N) is 1. The van der Waals surface area contributed by atoms with Crippen LogP contribution in [0.2, 0.25) is 0 Å². The molecule has 0 radical (unpaired) electrons. The molecule has 5 heteroatoms. The third-order valence-electron chi connectivity index (χ3n) is 4.71. The van der Waals surface area contributed by atoms with Gasteiger partial charge in [-0.3, -0.25) is 9.78 Å². The van der Waals surface area contributed by atoms with Crippen molar-refractivity contribution in [2.75, 3.05) is 26.7 Å². The molecule has 25 heavy (non-hydrogen) atoms. The molecule has 0 unspecified atom stereocenters. The highest BCUT2D eigenvalue weighted by Gasteiger charge is 2.21. The van der Waals surface area contributed by atoms with Crippen LogP contribution in [0.4, 0.5) is 0 Å². The van der Waals surface area contributed by atoms with Gasteiger partial charge in [-0.15, -0.1) is 0 Å². The second-order valence-corrected chi connectivity index (χ2v) is 6.93. The normalized spacial score (nSPS) is 18.1. The maximum Gasteiger partial charge on any atom is 0.271 e. The van der Waals surface area contributed by atoms with Crippen molar-refractivity contribution in [3.63, 3.8) is 0 Å². The molecule has 0 saturated carbocycles. The molecule has 1 aliphatic rings. The van der Waals surface area contributed by atoms with E-state index in [1.54, 1.807) is 12.4 Å². The van der Waals surface area contributed by atoms with E-state index in [0.717, 1.165) is 38.0 Å². The fraction of sp³-hybridized carbons (Fsp3) is 0.450. The third kappa shape index (κ3) is 4.86. The number of hydrogen-bond acceptors (Lipinski definition) is 4. The number of carbonyl (C=O) groups is 1. The lowest BCUT2D eigenvalue weighted by Crippen LogP contribution is -2.32. The van der Waals surface area contributed by atoms with Crippen LogP contribution in [0, 0.1) is 6.92 Å². The first-order valence-electron chi connectivity index (χ1n) is 8.96. The highest BCUT2D eigenvalue weighted by molar-refractivity contribution is 5.91. The number of nitrogens with zero attached hydrogens (tertiary/aromatic N) is 3. The lowest BCUT2D eigenvalue weighted by molar-refractivity contribution is 0.0948. The van der Waals surface area contributed by atoms with E-state index >= 15 is 0 Å². The predicted molar refractivity (Wildman–Crippen MR) is 98.7 cm³/mol. The number of benzene rings is 1. The largest absolute Gasteiger partial charge is 0.350 e. The molecule has 1 aromatic carbocycles. The van der Waals surface area contributed by atoms with Gasteiger partial charge in [-0.05, 0) is 45.3 Å². The zero-order valence-corrected chi connectivity index (χ0v) is 15.0. The first kappa shape index (κ1) is 17.5. The summed E-state index contributed by atoms with van der Waals surface area (Å²) in [4.78, 5) is 23.5. The van der Waals surface area contributed by atoms with Crippen LogP contribution in [0.1, 0.15) is 46.1 Å². The van der Waals surface area contributed by atoms with E-state index in [0.29, 0.717) is 18.2 Å². The van der Waals surface area contributed by atoms with Crippen LogP contribution in [0.3, 0.4) is 0 Å². The molecule has 2 heterocycles. The lowest BCUT2D eigenvalue weighted by atomic mass is 9.95. The van der Waals surface area contributed by atoms with Crippen LogP contribution in [0.5, 0.6) is 0 Å². The van der Waals surface area contributed by atoms with Crippen LogP contribution in [-0.2, 0) is 6.42 Å². The molecule has 1 saturated heterocycles. The lowest BCUT2D eigenvalue weighted by Gasteiger charge is -2.29. The van der Waals surface area contributed by atoms with Gasteiger partial charge in [0.1, 0.15) is 5.69 Å². The standard InChI is InChI=1S/C20H26N4O/c1-15-5-3-6-16(11-15)8-9-22-20(25)19-13-21-12-18(23-19)17-7-4-10-24(2)14-17/h3,5-6,11-13,17H,4,7-10,14H2,1-2H3,(H,22,25)/t17-/m0/s1. The van der Waals surface area contributed by atoms with E-state index in [9.17, 15) is 4.79 Å². The second-order valence-electron chi connectivity index (χ2n) is 6.93. The van der Waals surface area contributed by atoms with Crippen LogP contribution in [0.15, 0.2) is 36.7 Å². The van der Waals surface area contributed by atoms with E-state index in [-0.39, 0.29) is 5.91 Å². The maximum absolute atomic E-state index is 12.4. The first-order valence-corrected chi connectivity index (χ1v) is 8.96. The Kier molecular flexibility index (Phi) is 5.76. The molecule has 1 aliphatic heterocycles. The molecular formula is C20H26N4O. The van der Waals surface area contributed by atoms with Gasteiger partial charge >= 0.3 is 0 Å². The number of likely N-dealkylation sites (N-methyl/N-ethyl adjacent to an activating group) is 1. The number of aryl methyl sites for hydroxylation is 1. The molecule has 1 N–H and O–H groups in total. The zero-order chi connectivity index (χ0) is 17.6. The average Bonchev–Trinajstić information content (AvgIpc) is 2.62. The van der Waals surface area contributed by atoms with Crippen LogP contribution >= 0.6 is 0 Å². The summed E-state index contributed by atoms with van der Waals surface area (Å²) in [5, 5.41) is 2.95. The number of likely N-dealkylation sites (tertiary alicyclic amines) is 1. The van der Waals surface area contributed by atoms with Gasteiger partial charge in [0.15, 0.2) is 0 Å². The SMILES string of the molecule is Cc1cccc(CCNC(=O)c2cncc([C@H]3CCCN(C)C3)n2)c1. The molecule has 0 aliphatic carbocycles. The number of amides is 1. The maximum atomic E-state index is 12.4. The summed E-state index contributed by atoms with van der Waals surface area (Å²) in [6.07, 6.45) is 6.44. The molecule has 2 aromatic rings. The smallest absolute Gasteiger partial charge is 0.271 e. The van der Waals surface area contributed by atoms with E-state index in [4.69, 9.17) is 0 Å². The molecule has 132 valence electrons. The summed E-state index contributed by atoms with van der Waals surface area (Å²) in [5.74, 6) is 0.220. The number of carbonyl (C=O) groups excluding carboxylic acids is 1. The minimum atomic E-state index is -0.147. The minimum absolute atomic E-state index is 0.147. The highest BCUT2D eigenvalue weighted by atomic mass is 16.1. The van der Waals surface area contributed by atoms with Gasteiger partial charge in [-0.2, -0.15) is 0 Å². The molecule has 3 rings (SSSR count). The summed E-state index contributed by atoms with van der Waals surface area (Å²) in [5.41, 5.74) is 3.80. The molecule has 0 bridgehead atoms. The fourth-order valence-electron chi connectivity index (χ4n) is 3.37. The zero-order valence-electron chi connectivity index (χ0n) is 15.0. The van der Waals surface area contributed by atoms with Crippen molar-refractivity contribution in [1.82, 2.24) is 20.2 Å². The summed E-state index contributed by atoms with van der Waals surface area (Å²) in [7, 11) is 2.13. The van der Waals surface area contributed by atoms with Gasteiger partial charge in [-0.25, -0.2) is 4.98 Å². The number of hydrogen-bond donors (Lipinski definition) is 1. The predicted octanol–water partition coefficient (Wildman–Crippen LogP) is 2.57. The number of aromatic nitrogens is 2. The van der Waals surface area contributed by atoms with Crippen molar-refractivity contribution in [3.8, 4) is 0 Å². The Morgan fingerprint density at radius 3 is 3.04 bits per heavy atom. The van der Waals surface area contributed by atoms with Gasteiger partial charge in [0.25, 0.3) is 5.91 Å². The molecule has 0 spiro atoms. The van der Waals surface area contributed by atoms with Crippen molar-refractivity contribution in [3.05, 3.63) is 59.2 Å². The summed E-state index contributed by atoms with van der Waals surface area (Å²) in [6, 6.07) is 8.35. The molecule has 1 fully saturated rings. The Morgan fingerprint density at radius 1 is 1.36 bits per heavy atom. The van der Waals surface area contributed by atoms with Gasteiger partial charge in [0.05, 0.1) is 11.9 Å². The fourth-order valence-corrected chi connectivity index (χ4v) is 3.37. The van der Waals surface area contributed by atoms with Crippen LogP contribution in [-0.4, -0.2) is 47.5 Å². The van der Waals surface area contributed by atoms with E-state index < -0.39 is 0 Å². The monoisotopic (exact) mass is 338 g/mol. The Bertz CT molecular complexity index is 731. The van der Waals surface area contributed by atoms with Crippen molar-refractivity contribution >= 4 is 5.91 Å². The van der Waals surface area contributed by atoms with Crippen molar-refractivity contribution < 1.29 is 4.79 Å². The molecule has 1 atom stereocenters. The van der Waals surface area contributed by atoms with Gasteiger partial charge in [-0.1, -0.05) is 29.8 Å². The summed E-state index contributed by atoms with van der Waals surface area (Å²) < 4.78 is 0. The highest BCUT2D eigenvalue weighted by Crippen LogP contribution is 2.24. The van der Waals surface area contributed by atoms with Gasteiger partial charge in [0, 0.05) is 25.2 Å². The van der Waals surface area contributed by atoms with Gasteiger partial charge in [0.2, 0.25) is 0 Å². The molecule has 5 nitrogen and oxygen atoms in total. The van der Waals surface area contributed by atoms with Crippen molar-refractivity contribution in [2.24, 2.45) is 0 Å². The Labute approximate surface area is 149 Å². The van der Waals surface area contributed by atoms with E-state index in [1.165, 1.54) is 11.1 Å². The topological polar surface area (TPSA) is 58.1 Å². The Hall–Kier alpha value is -2.27. The minimum Gasteiger partial charge on any atom is -0.350 e. The summed E-state index contributed by atoms with van der Waals surface area (Å²) >= 11 is 0. The average molecular weight is 338 g/mol. The van der Waals surface area contributed by atoms with E-state index in [1.807, 2.05) is 6.07 Å².